The molecule has 1 aliphatic rings. The van der Waals surface area contributed by atoms with E-state index in [2.05, 4.69) is 35.5 Å². The van der Waals surface area contributed by atoms with Gasteiger partial charge in [-0.15, -0.1) is 0 Å². The molecule has 0 fully saturated rings. The summed E-state index contributed by atoms with van der Waals surface area (Å²) in [5.41, 5.74) is 1.19. The van der Waals surface area contributed by atoms with Crippen LogP contribution in [0.4, 0.5) is 30.1 Å². The monoisotopic (exact) mass is 720 g/mol. The molecule has 0 aliphatic carbocycles. The van der Waals surface area contributed by atoms with Crippen LogP contribution < -0.4 is 10.6 Å². The summed E-state index contributed by atoms with van der Waals surface area (Å²) < 4.78 is 37.4. The molecule has 0 saturated carbocycles. The zero-order chi connectivity index (χ0) is 38.1. The van der Waals surface area contributed by atoms with Gasteiger partial charge in [-0.2, -0.15) is 0 Å². The average molecular weight is 721 g/mol. The van der Waals surface area contributed by atoms with Crippen LogP contribution in [0.5, 0.6) is 0 Å². The highest BCUT2D eigenvalue weighted by molar-refractivity contribution is 6.01. The molecule has 0 bridgehead atoms. The summed E-state index contributed by atoms with van der Waals surface area (Å²) in [4.78, 5) is 50.0. The van der Waals surface area contributed by atoms with E-state index in [1.165, 1.54) is 6.07 Å². The number of carbonyl (C=O) groups excluding carboxylic acids is 1. The number of carbonyl (C=O) groups is 2. The van der Waals surface area contributed by atoms with Gasteiger partial charge in [0, 0.05) is 48.9 Å². The third kappa shape index (κ3) is 8.78. The Kier molecular flexibility index (Phi) is 10.8. The van der Waals surface area contributed by atoms with Crippen molar-refractivity contribution in [1.29, 1.82) is 0 Å². The Morgan fingerprint density at radius 1 is 1.08 bits per heavy atom. The summed E-state index contributed by atoms with van der Waals surface area (Å²) in [7, 11) is 0. The number of imidazole rings is 1. The number of aromatic nitrogens is 5. The van der Waals surface area contributed by atoms with Gasteiger partial charge in [-0.05, 0) is 86.1 Å². The number of carboxylic acid groups (broad SMARTS) is 1. The Morgan fingerprint density at radius 3 is 2.46 bits per heavy atom. The fourth-order valence-corrected chi connectivity index (χ4v) is 6.09. The molecule has 0 saturated heterocycles. The zero-order valence-electron chi connectivity index (χ0n) is 31.0. The zero-order valence-corrected chi connectivity index (χ0v) is 31.0. The van der Waals surface area contributed by atoms with Crippen LogP contribution in [0, 0.1) is 18.6 Å². The molecule has 16 heteroatoms. The third-order valence-electron chi connectivity index (χ3n) is 8.19. The van der Waals surface area contributed by atoms with Crippen molar-refractivity contribution >= 4 is 40.9 Å². The van der Waals surface area contributed by atoms with Crippen molar-refractivity contribution in [3.8, 4) is 11.3 Å². The van der Waals surface area contributed by atoms with Crippen molar-refractivity contribution in [2.75, 3.05) is 25.0 Å². The topological polar surface area (TPSA) is 163 Å². The molecule has 5 rings (SSSR count). The molecule has 0 radical (unpaired) electrons. The second-order valence-corrected chi connectivity index (χ2v) is 14.9. The number of halogens is 2. The van der Waals surface area contributed by atoms with E-state index >= 15 is 8.78 Å². The maximum Gasteiger partial charge on any atom is 0.414 e. The van der Waals surface area contributed by atoms with E-state index in [4.69, 9.17) is 9.72 Å². The van der Waals surface area contributed by atoms with Gasteiger partial charge in [0.05, 0.1) is 18.3 Å². The van der Waals surface area contributed by atoms with E-state index in [1.807, 2.05) is 24.5 Å². The van der Waals surface area contributed by atoms with Gasteiger partial charge in [0.15, 0.2) is 11.6 Å². The lowest BCUT2D eigenvalue weighted by atomic mass is 10.1. The van der Waals surface area contributed by atoms with Crippen molar-refractivity contribution < 1.29 is 28.2 Å². The fourth-order valence-electron chi connectivity index (χ4n) is 6.09. The standard InChI is InChI=1S/C36H46F2N10O4/c1-20(2)47-21(3)41-30-24(37)16-23(17-27(30)47)29-25(38)18-40-31(44-29)43-28-11-10-22-19-46(14-12-26(22)42-28)15-13-39-32(45-33(49)52-36(7,8)9)48(34(50)51)35(4,5)6/h10-11,16-18,20H,12-15,19H2,1-9H3,(H,50,51)(H,39,45,49)(H,40,42,43,44). The van der Waals surface area contributed by atoms with Gasteiger partial charge in [0.2, 0.25) is 11.9 Å². The molecule has 1 aliphatic heterocycles. The molecular weight excluding hydrogens is 674 g/mol. The van der Waals surface area contributed by atoms with E-state index in [0.717, 1.165) is 22.4 Å². The summed E-state index contributed by atoms with van der Waals surface area (Å²) in [6.45, 7) is 18.0. The molecule has 1 aromatic carbocycles. The molecule has 3 aromatic heterocycles. The van der Waals surface area contributed by atoms with Crippen LogP contribution in [-0.2, 0) is 17.7 Å². The van der Waals surface area contributed by atoms with Gasteiger partial charge in [-0.25, -0.2) is 43.2 Å². The number of guanidine groups is 1. The smallest absolute Gasteiger partial charge is 0.414 e. The number of amides is 2. The van der Waals surface area contributed by atoms with Crippen molar-refractivity contribution in [2.24, 2.45) is 4.99 Å². The Morgan fingerprint density at radius 2 is 1.81 bits per heavy atom. The van der Waals surface area contributed by atoms with Gasteiger partial charge in [-0.3, -0.25) is 15.2 Å². The van der Waals surface area contributed by atoms with Gasteiger partial charge in [-0.1, -0.05) is 6.07 Å². The Bertz CT molecular complexity index is 2020. The molecule has 0 spiro atoms. The number of rotatable bonds is 7. The summed E-state index contributed by atoms with van der Waals surface area (Å²) in [6, 6.07) is 6.65. The number of hydrogen-bond donors (Lipinski definition) is 3. The Labute approximate surface area is 301 Å². The average Bonchev–Trinajstić information content (AvgIpc) is 3.36. The minimum absolute atomic E-state index is 0.0203. The highest BCUT2D eigenvalue weighted by atomic mass is 19.1. The third-order valence-corrected chi connectivity index (χ3v) is 8.19. The second-order valence-electron chi connectivity index (χ2n) is 14.9. The molecular formula is C36H46F2N10O4. The van der Waals surface area contributed by atoms with Gasteiger partial charge >= 0.3 is 12.2 Å². The van der Waals surface area contributed by atoms with Gasteiger partial charge in [0.1, 0.15) is 28.5 Å². The van der Waals surface area contributed by atoms with Crippen LogP contribution in [0.3, 0.4) is 0 Å². The predicted molar refractivity (Wildman–Crippen MR) is 194 cm³/mol. The van der Waals surface area contributed by atoms with Crippen molar-refractivity contribution in [3.63, 3.8) is 0 Å². The number of pyridine rings is 1. The molecule has 4 aromatic rings. The van der Waals surface area contributed by atoms with Gasteiger partial charge < -0.3 is 19.7 Å². The first-order chi connectivity index (χ1) is 24.3. The van der Waals surface area contributed by atoms with Crippen molar-refractivity contribution in [3.05, 3.63) is 59.2 Å². The van der Waals surface area contributed by atoms with Crippen LogP contribution in [0.1, 0.15) is 78.5 Å². The molecule has 14 nitrogen and oxygen atoms in total. The molecule has 0 atom stereocenters. The van der Waals surface area contributed by atoms with E-state index in [1.54, 1.807) is 60.6 Å². The van der Waals surface area contributed by atoms with E-state index < -0.39 is 35.0 Å². The summed E-state index contributed by atoms with van der Waals surface area (Å²) in [6.07, 6.45) is -0.389. The first-order valence-electron chi connectivity index (χ1n) is 17.1. The minimum atomic E-state index is -1.26. The number of aliphatic imine (C=N–C) groups is 1. The van der Waals surface area contributed by atoms with Crippen LogP contribution in [0.2, 0.25) is 0 Å². The minimum Gasteiger partial charge on any atom is -0.465 e. The molecule has 4 heterocycles. The molecule has 0 unspecified atom stereocenters. The number of nitrogens with zero attached hydrogens (tertiary/aromatic N) is 8. The molecule has 2 amide bonds. The van der Waals surface area contributed by atoms with E-state index in [9.17, 15) is 14.7 Å². The highest BCUT2D eigenvalue weighted by Crippen LogP contribution is 2.31. The first-order valence-corrected chi connectivity index (χ1v) is 17.1. The predicted octanol–water partition coefficient (Wildman–Crippen LogP) is 6.82. The Hall–Kier alpha value is -5.25. The highest BCUT2D eigenvalue weighted by Gasteiger charge is 2.33. The quantitative estimate of drug-likeness (QED) is 0.136. The summed E-state index contributed by atoms with van der Waals surface area (Å²) in [5.74, 6) is -0.135. The number of aryl methyl sites for hydroxylation is 1. The fraction of sp³-hybridized carbons (Fsp3) is 0.472. The molecule has 52 heavy (non-hydrogen) atoms. The lowest BCUT2D eigenvalue weighted by molar-refractivity contribution is 0.0552. The maximum atomic E-state index is 15.1. The number of fused-ring (bicyclic) bond motifs is 2. The molecule has 3 N–H and O–H groups in total. The van der Waals surface area contributed by atoms with Crippen LogP contribution in [-0.4, -0.2) is 88.3 Å². The van der Waals surface area contributed by atoms with E-state index in [-0.39, 0.29) is 41.3 Å². The number of anilines is 2. The van der Waals surface area contributed by atoms with Crippen LogP contribution in [0.25, 0.3) is 22.3 Å². The second kappa shape index (κ2) is 14.8. The van der Waals surface area contributed by atoms with Crippen molar-refractivity contribution in [1.82, 2.24) is 39.6 Å². The first kappa shape index (κ1) is 38.0. The maximum absolute atomic E-state index is 15.1. The van der Waals surface area contributed by atoms with Gasteiger partial charge in [0.25, 0.3) is 0 Å². The summed E-state index contributed by atoms with van der Waals surface area (Å²) >= 11 is 0. The van der Waals surface area contributed by atoms with Crippen molar-refractivity contribution in [2.45, 2.75) is 92.5 Å². The van der Waals surface area contributed by atoms with E-state index in [0.29, 0.717) is 43.2 Å². The lowest BCUT2D eigenvalue weighted by Gasteiger charge is -2.34. The number of hydrogen-bond acceptors (Lipinski definition) is 10. The summed E-state index contributed by atoms with van der Waals surface area (Å²) in [5, 5.41) is 15.5. The number of nitrogens with one attached hydrogen (secondary N) is 2. The number of ether oxygens (including phenoxy) is 1. The largest absolute Gasteiger partial charge is 0.465 e. The van der Waals surface area contributed by atoms with Crippen LogP contribution in [0.15, 0.2) is 35.5 Å². The SMILES string of the molecule is Cc1nc2c(F)cc(-c3nc(Nc4ccc5c(n4)CCN(CCN=C(NC(=O)OC(C)(C)C)N(C(=O)O)C(C)(C)C)C5)ncc3F)cc2n1C(C)C. The Balaban J connectivity index is 1.28. The normalized spacial score (nSPS) is 14.0. The number of benzene rings is 1. The molecule has 278 valence electrons. The number of alkyl carbamates (subject to hydrolysis) is 1. The van der Waals surface area contributed by atoms with Crippen LogP contribution >= 0.6 is 0 Å². The lowest BCUT2D eigenvalue weighted by Crippen LogP contribution is -2.55.